The smallest absolute Gasteiger partial charge is 0.139 e. The normalized spacial score (nSPS) is 10.4. The molecule has 0 bridgehead atoms. The number of hydrogen-bond donors (Lipinski definition) is 1. The SMILES string of the molecule is COc1c(Br)ccc(F)c1CCCCN. The molecule has 2 nitrogen and oxygen atoms in total. The van der Waals surface area contributed by atoms with Crippen LogP contribution in [0.4, 0.5) is 4.39 Å². The van der Waals surface area contributed by atoms with Gasteiger partial charge in [-0.25, -0.2) is 4.39 Å². The van der Waals surface area contributed by atoms with Crippen molar-refractivity contribution in [3.8, 4) is 5.75 Å². The predicted octanol–water partition coefficient (Wildman–Crippen LogP) is 2.88. The molecular weight excluding hydrogens is 261 g/mol. The first kappa shape index (κ1) is 12.5. The third kappa shape index (κ3) is 3.18. The average Bonchev–Trinajstić information content (AvgIpc) is 2.23. The molecule has 15 heavy (non-hydrogen) atoms. The minimum atomic E-state index is -0.216. The quantitative estimate of drug-likeness (QED) is 0.839. The van der Waals surface area contributed by atoms with Crippen LogP contribution in [0.15, 0.2) is 16.6 Å². The summed E-state index contributed by atoms with van der Waals surface area (Å²) in [5.74, 6) is 0.374. The van der Waals surface area contributed by atoms with Crippen molar-refractivity contribution in [2.45, 2.75) is 19.3 Å². The van der Waals surface area contributed by atoms with Crippen LogP contribution < -0.4 is 10.5 Å². The number of halogens is 2. The van der Waals surface area contributed by atoms with Crippen LogP contribution in [0.2, 0.25) is 0 Å². The van der Waals surface area contributed by atoms with Crippen LogP contribution in [0.3, 0.4) is 0 Å². The van der Waals surface area contributed by atoms with E-state index in [1.807, 2.05) is 0 Å². The lowest BCUT2D eigenvalue weighted by Crippen LogP contribution is -2.01. The number of ether oxygens (including phenoxy) is 1. The van der Waals surface area contributed by atoms with Gasteiger partial charge in [0.15, 0.2) is 0 Å². The van der Waals surface area contributed by atoms with E-state index >= 15 is 0 Å². The van der Waals surface area contributed by atoms with Gasteiger partial charge in [0, 0.05) is 5.56 Å². The van der Waals surface area contributed by atoms with Crippen molar-refractivity contribution in [1.29, 1.82) is 0 Å². The molecule has 0 fully saturated rings. The number of benzene rings is 1. The van der Waals surface area contributed by atoms with E-state index in [0.717, 1.165) is 17.3 Å². The lowest BCUT2D eigenvalue weighted by atomic mass is 10.1. The highest BCUT2D eigenvalue weighted by Crippen LogP contribution is 2.31. The van der Waals surface area contributed by atoms with Gasteiger partial charge in [-0.05, 0) is 53.9 Å². The van der Waals surface area contributed by atoms with E-state index < -0.39 is 0 Å². The van der Waals surface area contributed by atoms with Gasteiger partial charge in [-0.15, -0.1) is 0 Å². The summed E-state index contributed by atoms with van der Waals surface area (Å²) in [5.41, 5.74) is 6.02. The fourth-order valence-electron chi connectivity index (χ4n) is 1.47. The number of hydrogen-bond acceptors (Lipinski definition) is 2. The van der Waals surface area contributed by atoms with Crippen molar-refractivity contribution in [2.75, 3.05) is 13.7 Å². The maximum atomic E-state index is 13.5. The molecule has 1 aromatic carbocycles. The van der Waals surface area contributed by atoms with Crippen LogP contribution in [-0.4, -0.2) is 13.7 Å². The van der Waals surface area contributed by atoms with Crippen LogP contribution in [0.25, 0.3) is 0 Å². The number of nitrogens with two attached hydrogens (primary N) is 1. The molecule has 0 heterocycles. The fraction of sp³-hybridized carbons (Fsp3) is 0.455. The second kappa shape index (κ2) is 6.08. The van der Waals surface area contributed by atoms with Crippen LogP contribution in [0.1, 0.15) is 18.4 Å². The summed E-state index contributed by atoms with van der Waals surface area (Å²) in [7, 11) is 1.55. The van der Waals surface area contributed by atoms with E-state index in [1.165, 1.54) is 6.07 Å². The molecule has 0 saturated heterocycles. The van der Waals surface area contributed by atoms with E-state index in [9.17, 15) is 4.39 Å². The molecule has 1 rings (SSSR count). The Hall–Kier alpha value is -0.610. The highest BCUT2D eigenvalue weighted by Gasteiger charge is 2.12. The van der Waals surface area contributed by atoms with Crippen LogP contribution in [0, 0.1) is 5.82 Å². The highest BCUT2D eigenvalue weighted by atomic mass is 79.9. The summed E-state index contributed by atoms with van der Waals surface area (Å²) < 4.78 is 19.5. The van der Waals surface area contributed by atoms with Gasteiger partial charge in [0.2, 0.25) is 0 Å². The van der Waals surface area contributed by atoms with Gasteiger partial charge in [0.05, 0.1) is 11.6 Å². The number of methoxy groups -OCH3 is 1. The van der Waals surface area contributed by atoms with Crippen molar-refractivity contribution in [3.05, 3.63) is 28.0 Å². The predicted molar refractivity (Wildman–Crippen MR) is 62.6 cm³/mol. The van der Waals surface area contributed by atoms with E-state index in [-0.39, 0.29) is 5.82 Å². The molecule has 84 valence electrons. The zero-order valence-electron chi connectivity index (χ0n) is 8.72. The summed E-state index contributed by atoms with van der Waals surface area (Å²) >= 11 is 3.33. The Morgan fingerprint density at radius 1 is 1.40 bits per heavy atom. The Morgan fingerprint density at radius 2 is 2.13 bits per heavy atom. The third-order valence-corrected chi connectivity index (χ3v) is 2.86. The van der Waals surface area contributed by atoms with E-state index in [4.69, 9.17) is 10.5 Å². The lowest BCUT2D eigenvalue weighted by molar-refractivity contribution is 0.400. The van der Waals surface area contributed by atoms with Crippen molar-refractivity contribution in [1.82, 2.24) is 0 Å². The van der Waals surface area contributed by atoms with Gasteiger partial charge < -0.3 is 10.5 Å². The summed E-state index contributed by atoms with van der Waals surface area (Å²) in [6.45, 7) is 0.637. The largest absolute Gasteiger partial charge is 0.495 e. The molecule has 0 amide bonds. The standard InChI is InChI=1S/C11H15BrFNO/c1-15-11-8(4-2-3-7-14)10(13)6-5-9(11)12/h5-6H,2-4,7,14H2,1H3. The molecule has 0 aliphatic carbocycles. The first-order valence-corrected chi connectivity index (χ1v) is 5.71. The minimum absolute atomic E-state index is 0.216. The van der Waals surface area contributed by atoms with Crippen molar-refractivity contribution in [2.24, 2.45) is 5.73 Å². The maximum Gasteiger partial charge on any atom is 0.139 e. The molecule has 0 spiro atoms. The molecule has 0 aliphatic rings. The molecular formula is C11H15BrFNO. The Bertz CT molecular complexity index is 331. The lowest BCUT2D eigenvalue weighted by Gasteiger charge is -2.11. The van der Waals surface area contributed by atoms with E-state index in [2.05, 4.69) is 15.9 Å². The zero-order valence-corrected chi connectivity index (χ0v) is 10.3. The van der Waals surface area contributed by atoms with Crippen LogP contribution >= 0.6 is 15.9 Å². The molecule has 0 radical (unpaired) electrons. The van der Waals surface area contributed by atoms with E-state index in [0.29, 0.717) is 24.3 Å². The van der Waals surface area contributed by atoms with Gasteiger partial charge in [0.1, 0.15) is 11.6 Å². The minimum Gasteiger partial charge on any atom is -0.495 e. The maximum absolute atomic E-state index is 13.5. The van der Waals surface area contributed by atoms with Gasteiger partial charge in [-0.1, -0.05) is 0 Å². The molecule has 0 saturated carbocycles. The Balaban J connectivity index is 2.87. The van der Waals surface area contributed by atoms with Crippen molar-refractivity contribution >= 4 is 15.9 Å². The van der Waals surface area contributed by atoms with E-state index in [1.54, 1.807) is 13.2 Å². The Morgan fingerprint density at radius 3 is 2.73 bits per heavy atom. The third-order valence-electron chi connectivity index (χ3n) is 2.24. The topological polar surface area (TPSA) is 35.2 Å². The van der Waals surface area contributed by atoms with Gasteiger partial charge >= 0.3 is 0 Å². The molecule has 4 heteroatoms. The monoisotopic (exact) mass is 275 g/mol. The summed E-state index contributed by atoms with van der Waals surface area (Å²) in [5, 5.41) is 0. The Kier molecular flexibility index (Phi) is 5.05. The van der Waals surface area contributed by atoms with Crippen molar-refractivity contribution in [3.63, 3.8) is 0 Å². The van der Waals surface area contributed by atoms with Crippen molar-refractivity contribution < 1.29 is 9.13 Å². The first-order chi connectivity index (χ1) is 7.20. The highest BCUT2D eigenvalue weighted by molar-refractivity contribution is 9.10. The Labute approximate surface area is 97.7 Å². The molecule has 0 unspecified atom stereocenters. The number of rotatable bonds is 5. The van der Waals surface area contributed by atoms with Gasteiger partial charge in [-0.3, -0.25) is 0 Å². The molecule has 0 aromatic heterocycles. The summed E-state index contributed by atoms with van der Waals surface area (Å²) in [6, 6.07) is 3.10. The molecule has 0 atom stereocenters. The van der Waals surface area contributed by atoms with Crippen LogP contribution in [-0.2, 0) is 6.42 Å². The molecule has 2 N–H and O–H groups in total. The summed E-state index contributed by atoms with van der Waals surface area (Å²) in [4.78, 5) is 0. The van der Waals surface area contributed by atoms with Crippen LogP contribution in [0.5, 0.6) is 5.75 Å². The number of unbranched alkanes of at least 4 members (excludes halogenated alkanes) is 1. The fourth-order valence-corrected chi connectivity index (χ4v) is 2.01. The average molecular weight is 276 g/mol. The second-order valence-electron chi connectivity index (χ2n) is 3.29. The zero-order chi connectivity index (χ0) is 11.3. The van der Waals surface area contributed by atoms with Gasteiger partial charge in [0.25, 0.3) is 0 Å². The molecule has 0 aliphatic heterocycles. The first-order valence-electron chi connectivity index (χ1n) is 4.91. The second-order valence-corrected chi connectivity index (χ2v) is 4.14. The van der Waals surface area contributed by atoms with Gasteiger partial charge in [-0.2, -0.15) is 0 Å². The summed E-state index contributed by atoms with van der Waals surface area (Å²) in [6.07, 6.45) is 2.43. The molecule has 1 aromatic rings.